The number of ether oxygens (including phenoxy) is 3. The summed E-state index contributed by atoms with van der Waals surface area (Å²) in [5.74, 6) is 4.48. The van der Waals surface area contributed by atoms with Crippen LogP contribution in [0.15, 0.2) is 36.4 Å². The van der Waals surface area contributed by atoms with Crippen molar-refractivity contribution in [1.82, 2.24) is 15.3 Å². The van der Waals surface area contributed by atoms with Crippen LogP contribution in [0.1, 0.15) is 31.2 Å². The van der Waals surface area contributed by atoms with Gasteiger partial charge in [0.2, 0.25) is 18.5 Å². The molecule has 2 heterocycles. The zero-order valence-electron chi connectivity index (χ0n) is 20.1. The standard InChI is InChI=1S/C26H33N5O3/c1-31(2)25-20-6-4-5-7-21(20)29-26(30-25)28-14-17-8-10-19(11-9-17)27-15-18-12-22(32-3)24-23(13-18)33-16-34-24/h4-7,12-13,17,19,27H,8-11,14-16H2,1-3H3,(H,28,29,30). The van der Waals surface area contributed by atoms with Crippen LogP contribution in [0.25, 0.3) is 10.9 Å². The van der Waals surface area contributed by atoms with Crippen LogP contribution in [-0.2, 0) is 6.54 Å². The minimum Gasteiger partial charge on any atom is -0.493 e. The first-order valence-corrected chi connectivity index (χ1v) is 12.0. The molecule has 3 aromatic rings. The number of para-hydroxylation sites is 1. The first-order chi connectivity index (χ1) is 16.6. The minimum absolute atomic E-state index is 0.251. The maximum absolute atomic E-state index is 5.55. The maximum Gasteiger partial charge on any atom is 0.231 e. The van der Waals surface area contributed by atoms with Crippen LogP contribution in [0.4, 0.5) is 11.8 Å². The molecule has 1 fully saturated rings. The van der Waals surface area contributed by atoms with E-state index in [1.54, 1.807) is 7.11 Å². The van der Waals surface area contributed by atoms with Gasteiger partial charge in [0.1, 0.15) is 5.82 Å². The molecule has 8 nitrogen and oxygen atoms in total. The number of methoxy groups -OCH3 is 1. The molecule has 1 aliphatic carbocycles. The molecular formula is C26H33N5O3. The Kier molecular flexibility index (Phi) is 6.58. The van der Waals surface area contributed by atoms with E-state index < -0.39 is 0 Å². The third-order valence-electron chi connectivity index (χ3n) is 6.72. The molecule has 0 amide bonds. The van der Waals surface area contributed by atoms with E-state index in [0.717, 1.165) is 59.7 Å². The second-order valence-corrected chi connectivity index (χ2v) is 9.29. The van der Waals surface area contributed by atoms with Crippen LogP contribution in [0.5, 0.6) is 17.2 Å². The number of benzene rings is 2. The molecule has 0 saturated heterocycles. The molecule has 0 spiro atoms. The largest absolute Gasteiger partial charge is 0.493 e. The van der Waals surface area contributed by atoms with Gasteiger partial charge in [-0.15, -0.1) is 0 Å². The van der Waals surface area contributed by atoms with Gasteiger partial charge in [-0.2, -0.15) is 4.98 Å². The van der Waals surface area contributed by atoms with Gasteiger partial charge in [-0.25, -0.2) is 4.98 Å². The number of rotatable bonds is 8. The van der Waals surface area contributed by atoms with E-state index in [1.165, 1.54) is 12.8 Å². The third-order valence-corrected chi connectivity index (χ3v) is 6.72. The first-order valence-electron chi connectivity index (χ1n) is 12.0. The molecule has 0 unspecified atom stereocenters. The predicted molar refractivity (Wildman–Crippen MR) is 134 cm³/mol. The van der Waals surface area contributed by atoms with E-state index in [-0.39, 0.29) is 6.79 Å². The molecule has 5 rings (SSSR count). The molecule has 1 aromatic heterocycles. The van der Waals surface area contributed by atoms with Crippen LogP contribution in [-0.4, -0.2) is 50.6 Å². The highest BCUT2D eigenvalue weighted by Crippen LogP contribution is 2.41. The average molecular weight is 464 g/mol. The van der Waals surface area contributed by atoms with Crippen LogP contribution >= 0.6 is 0 Å². The summed E-state index contributed by atoms with van der Waals surface area (Å²) in [5.41, 5.74) is 2.12. The van der Waals surface area contributed by atoms with E-state index in [0.29, 0.717) is 23.7 Å². The van der Waals surface area contributed by atoms with Crippen LogP contribution in [0.2, 0.25) is 0 Å². The van der Waals surface area contributed by atoms with E-state index in [4.69, 9.17) is 24.2 Å². The van der Waals surface area contributed by atoms with Gasteiger partial charge in [0, 0.05) is 38.6 Å². The quantitative estimate of drug-likeness (QED) is 0.515. The second kappa shape index (κ2) is 9.93. The SMILES string of the molecule is COc1cc(CNC2CCC(CNc3nc(N(C)C)c4ccccc4n3)CC2)cc2c1OCO2. The molecule has 2 aromatic carbocycles. The van der Waals surface area contributed by atoms with Crippen molar-refractivity contribution < 1.29 is 14.2 Å². The molecule has 2 N–H and O–H groups in total. The van der Waals surface area contributed by atoms with Gasteiger partial charge in [-0.3, -0.25) is 0 Å². The van der Waals surface area contributed by atoms with Crippen molar-refractivity contribution in [3.8, 4) is 17.2 Å². The normalized spacial score (nSPS) is 19.3. The van der Waals surface area contributed by atoms with Crippen molar-refractivity contribution in [3.63, 3.8) is 0 Å². The lowest BCUT2D eigenvalue weighted by molar-refractivity contribution is 0.171. The molecule has 0 atom stereocenters. The number of nitrogens with one attached hydrogen (secondary N) is 2. The Labute approximate surface area is 200 Å². The van der Waals surface area contributed by atoms with Crippen LogP contribution in [0, 0.1) is 5.92 Å². The predicted octanol–water partition coefficient (Wildman–Crippen LogP) is 4.19. The molecule has 0 bridgehead atoms. The molecule has 1 saturated carbocycles. The highest BCUT2D eigenvalue weighted by molar-refractivity contribution is 5.90. The lowest BCUT2D eigenvalue weighted by Gasteiger charge is -2.29. The smallest absolute Gasteiger partial charge is 0.231 e. The van der Waals surface area contributed by atoms with E-state index in [1.807, 2.05) is 49.3 Å². The molecular weight excluding hydrogens is 430 g/mol. The lowest BCUT2D eigenvalue weighted by Crippen LogP contribution is -2.34. The summed E-state index contributed by atoms with van der Waals surface area (Å²) in [7, 11) is 5.70. The van der Waals surface area contributed by atoms with E-state index >= 15 is 0 Å². The third kappa shape index (κ3) is 4.82. The Morgan fingerprint density at radius 2 is 1.88 bits per heavy atom. The summed E-state index contributed by atoms with van der Waals surface area (Å²) < 4.78 is 16.5. The summed E-state index contributed by atoms with van der Waals surface area (Å²) >= 11 is 0. The number of anilines is 2. The van der Waals surface area contributed by atoms with E-state index in [2.05, 4.69) is 16.7 Å². The fourth-order valence-corrected chi connectivity index (χ4v) is 4.83. The molecule has 1 aliphatic heterocycles. The minimum atomic E-state index is 0.251. The van der Waals surface area contributed by atoms with Crippen molar-refractivity contribution in [2.24, 2.45) is 5.92 Å². The summed E-state index contributed by atoms with van der Waals surface area (Å²) in [6.45, 7) is 1.94. The van der Waals surface area contributed by atoms with Crippen LogP contribution in [0.3, 0.4) is 0 Å². The number of fused-ring (bicyclic) bond motifs is 2. The monoisotopic (exact) mass is 463 g/mol. The molecule has 180 valence electrons. The van der Waals surface area contributed by atoms with Crippen molar-refractivity contribution in [3.05, 3.63) is 42.0 Å². The van der Waals surface area contributed by atoms with E-state index in [9.17, 15) is 0 Å². The molecule has 0 radical (unpaired) electrons. The topological polar surface area (TPSA) is 80.8 Å². The number of hydrogen-bond acceptors (Lipinski definition) is 8. The molecule has 8 heteroatoms. The Balaban J connectivity index is 1.13. The zero-order valence-corrected chi connectivity index (χ0v) is 20.1. The summed E-state index contributed by atoms with van der Waals surface area (Å²) in [6, 6.07) is 12.8. The van der Waals surface area contributed by atoms with Crippen molar-refractivity contribution in [2.45, 2.75) is 38.3 Å². The Morgan fingerprint density at radius 3 is 2.68 bits per heavy atom. The van der Waals surface area contributed by atoms with Gasteiger partial charge in [0.15, 0.2) is 11.5 Å². The van der Waals surface area contributed by atoms with Gasteiger partial charge in [-0.05, 0) is 61.4 Å². The lowest BCUT2D eigenvalue weighted by atomic mass is 9.86. The number of hydrogen-bond donors (Lipinski definition) is 2. The fourth-order valence-electron chi connectivity index (χ4n) is 4.83. The van der Waals surface area contributed by atoms with Gasteiger partial charge in [-0.1, -0.05) is 12.1 Å². The Hall–Kier alpha value is -3.26. The number of aromatic nitrogens is 2. The van der Waals surface area contributed by atoms with Crippen molar-refractivity contribution in [1.29, 1.82) is 0 Å². The Bertz CT molecular complexity index is 1140. The van der Waals surface area contributed by atoms with Gasteiger partial charge in [0.05, 0.1) is 12.6 Å². The maximum atomic E-state index is 5.55. The highest BCUT2D eigenvalue weighted by Gasteiger charge is 2.23. The molecule has 34 heavy (non-hydrogen) atoms. The van der Waals surface area contributed by atoms with Crippen LogP contribution < -0.4 is 29.7 Å². The second-order valence-electron chi connectivity index (χ2n) is 9.29. The van der Waals surface area contributed by atoms with Crippen molar-refractivity contribution >= 4 is 22.7 Å². The zero-order chi connectivity index (χ0) is 23.5. The van der Waals surface area contributed by atoms with Gasteiger partial charge in [0.25, 0.3) is 0 Å². The summed E-state index contributed by atoms with van der Waals surface area (Å²) in [6.07, 6.45) is 4.69. The summed E-state index contributed by atoms with van der Waals surface area (Å²) in [4.78, 5) is 11.5. The average Bonchev–Trinajstić information content (AvgIpc) is 3.34. The van der Waals surface area contributed by atoms with Gasteiger partial charge >= 0.3 is 0 Å². The highest BCUT2D eigenvalue weighted by atomic mass is 16.7. The Morgan fingerprint density at radius 1 is 1.06 bits per heavy atom. The fraction of sp³-hybridized carbons (Fsp3) is 0.462. The van der Waals surface area contributed by atoms with Gasteiger partial charge < -0.3 is 29.7 Å². The summed E-state index contributed by atoms with van der Waals surface area (Å²) in [5, 5.41) is 8.29. The molecule has 2 aliphatic rings. The first kappa shape index (κ1) is 22.5. The van der Waals surface area contributed by atoms with Crippen molar-refractivity contribution in [2.75, 3.05) is 44.8 Å². The number of nitrogens with zero attached hydrogens (tertiary/aromatic N) is 3.